The van der Waals surface area contributed by atoms with Crippen molar-refractivity contribution in [3.05, 3.63) is 59.2 Å². The smallest absolute Gasteiger partial charge is 0.253 e. The molecule has 0 unspecified atom stereocenters. The first-order valence-electron chi connectivity index (χ1n) is 11.8. The molecule has 0 aromatic heterocycles. The number of allylic oxidation sites excluding steroid dienone is 1. The van der Waals surface area contributed by atoms with Crippen LogP contribution in [-0.2, 0) is 24.3 Å². The van der Waals surface area contributed by atoms with Crippen LogP contribution in [0.25, 0.3) is 0 Å². The van der Waals surface area contributed by atoms with Crippen molar-refractivity contribution in [1.29, 1.82) is 0 Å². The van der Waals surface area contributed by atoms with Crippen molar-refractivity contribution in [2.45, 2.75) is 69.1 Å². The maximum absolute atomic E-state index is 13.8. The number of rotatable bonds is 11. The van der Waals surface area contributed by atoms with Crippen LogP contribution in [0.15, 0.2) is 48.6 Å². The number of amides is 2. The molecular weight excluding hydrogens is 490 g/mol. The maximum Gasteiger partial charge on any atom is 0.253 e. The third-order valence-corrected chi connectivity index (χ3v) is 9.22. The molecule has 8 nitrogen and oxygen atoms in total. The van der Waals surface area contributed by atoms with Gasteiger partial charge in [0, 0.05) is 24.7 Å². The number of likely N-dealkylation sites (N-methyl/N-ethyl adjacent to an activating group) is 1. The standard InChI is InChI=1S/C25H34ClN3O5S/c1-5-16(6-2)24-23(17-8-10-18(26)11-9-17)29(25(31)21(34-24)14-22(27)30)19(7-3)15-28(4)35(32,33)20-12-13-20/h5-6,8-11,19-21,23-24H,1,7,12-15H2,2-4H3,(H2,27,30)/b16-6+/t19-,21-,23+,24+/m0/s1. The third-order valence-electron chi connectivity index (χ3n) is 6.64. The number of primary amides is 1. The van der Waals surface area contributed by atoms with Crippen molar-refractivity contribution in [3.8, 4) is 0 Å². The Bertz CT molecular complexity index is 1080. The van der Waals surface area contributed by atoms with E-state index >= 15 is 0 Å². The summed E-state index contributed by atoms with van der Waals surface area (Å²) in [7, 11) is -1.89. The number of hydrogen-bond donors (Lipinski definition) is 1. The van der Waals surface area contributed by atoms with E-state index in [4.69, 9.17) is 22.1 Å². The van der Waals surface area contributed by atoms with E-state index in [1.54, 1.807) is 30.2 Å². The van der Waals surface area contributed by atoms with E-state index in [0.717, 1.165) is 11.1 Å². The summed E-state index contributed by atoms with van der Waals surface area (Å²) in [6.07, 6.45) is 3.31. The molecule has 1 aromatic carbocycles. The van der Waals surface area contributed by atoms with Crippen LogP contribution in [0.5, 0.6) is 0 Å². The van der Waals surface area contributed by atoms with Gasteiger partial charge >= 0.3 is 0 Å². The van der Waals surface area contributed by atoms with Gasteiger partial charge in [0.15, 0.2) is 0 Å². The van der Waals surface area contributed by atoms with E-state index in [1.165, 1.54) is 4.31 Å². The van der Waals surface area contributed by atoms with E-state index in [2.05, 4.69) is 6.58 Å². The summed E-state index contributed by atoms with van der Waals surface area (Å²) in [5, 5.41) is 0.187. The molecule has 35 heavy (non-hydrogen) atoms. The third kappa shape index (κ3) is 5.97. The molecule has 10 heteroatoms. The quantitative estimate of drug-likeness (QED) is 0.448. The van der Waals surface area contributed by atoms with Crippen molar-refractivity contribution >= 4 is 33.4 Å². The lowest BCUT2D eigenvalue weighted by Crippen LogP contribution is -2.60. The largest absolute Gasteiger partial charge is 0.370 e. The maximum atomic E-state index is 13.8. The molecule has 3 rings (SSSR count). The van der Waals surface area contributed by atoms with Crippen LogP contribution in [0.1, 0.15) is 51.1 Å². The number of ether oxygens (including phenoxy) is 1. The van der Waals surface area contributed by atoms with Crippen LogP contribution in [0.2, 0.25) is 5.02 Å². The molecule has 2 N–H and O–H groups in total. The monoisotopic (exact) mass is 523 g/mol. The van der Waals surface area contributed by atoms with Crippen LogP contribution in [0.4, 0.5) is 0 Å². The minimum atomic E-state index is -3.44. The summed E-state index contributed by atoms with van der Waals surface area (Å²) in [6, 6.07) is 6.07. The average molecular weight is 524 g/mol. The summed E-state index contributed by atoms with van der Waals surface area (Å²) in [5.41, 5.74) is 6.96. The van der Waals surface area contributed by atoms with Gasteiger partial charge in [0.1, 0.15) is 12.2 Å². The van der Waals surface area contributed by atoms with Gasteiger partial charge in [-0.2, -0.15) is 0 Å². The summed E-state index contributed by atoms with van der Waals surface area (Å²) < 4.78 is 33.3. The summed E-state index contributed by atoms with van der Waals surface area (Å²) >= 11 is 6.13. The molecule has 0 radical (unpaired) electrons. The highest BCUT2D eigenvalue weighted by molar-refractivity contribution is 7.90. The Kier molecular flexibility index (Phi) is 8.80. The molecule has 0 bridgehead atoms. The second-order valence-corrected chi connectivity index (χ2v) is 11.8. The summed E-state index contributed by atoms with van der Waals surface area (Å²) in [4.78, 5) is 27.3. The molecule has 4 atom stereocenters. The topological polar surface area (TPSA) is 110 Å². The van der Waals surface area contributed by atoms with Crippen molar-refractivity contribution in [1.82, 2.24) is 9.21 Å². The summed E-state index contributed by atoms with van der Waals surface area (Å²) in [5.74, 6) is -1.06. The lowest BCUT2D eigenvalue weighted by Gasteiger charge is -2.48. The number of halogens is 1. The number of hydrogen-bond acceptors (Lipinski definition) is 5. The van der Waals surface area contributed by atoms with Crippen LogP contribution in [0.3, 0.4) is 0 Å². The zero-order chi connectivity index (χ0) is 25.9. The zero-order valence-electron chi connectivity index (χ0n) is 20.4. The molecule has 1 saturated heterocycles. The average Bonchev–Trinajstić information content (AvgIpc) is 3.66. The fraction of sp³-hybridized carbons (Fsp3) is 0.520. The minimum Gasteiger partial charge on any atom is -0.370 e. The SMILES string of the molecule is C=C/C(=C\C)[C@H]1O[C@@H](CC(N)=O)C(=O)N([C@@H](CC)CN(C)S(=O)(=O)C2CC2)[C@@H]1c1ccc(Cl)cc1. The fourth-order valence-electron chi connectivity index (χ4n) is 4.57. The number of benzene rings is 1. The van der Waals surface area contributed by atoms with Gasteiger partial charge in [0.05, 0.1) is 17.7 Å². The Morgan fingerprint density at radius 3 is 2.46 bits per heavy atom. The number of carbonyl (C=O) groups is 2. The highest BCUT2D eigenvalue weighted by atomic mass is 35.5. The summed E-state index contributed by atoms with van der Waals surface area (Å²) in [6.45, 7) is 7.78. The zero-order valence-corrected chi connectivity index (χ0v) is 22.0. The first-order chi connectivity index (χ1) is 16.5. The van der Waals surface area contributed by atoms with Crippen LogP contribution < -0.4 is 5.73 Å². The van der Waals surface area contributed by atoms with Gasteiger partial charge in [-0.3, -0.25) is 9.59 Å². The second kappa shape index (κ2) is 11.2. The van der Waals surface area contributed by atoms with Crippen LogP contribution in [0, 0.1) is 0 Å². The highest BCUT2D eigenvalue weighted by Crippen LogP contribution is 2.40. The van der Waals surface area contributed by atoms with E-state index < -0.39 is 46.1 Å². The van der Waals surface area contributed by atoms with E-state index in [9.17, 15) is 18.0 Å². The Morgan fingerprint density at radius 1 is 1.34 bits per heavy atom. The molecule has 2 amide bonds. The first-order valence-corrected chi connectivity index (χ1v) is 13.7. The second-order valence-electron chi connectivity index (χ2n) is 9.04. The van der Waals surface area contributed by atoms with Gasteiger partial charge in [-0.25, -0.2) is 12.7 Å². The Labute approximate surface area is 212 Å². The molecule has 1 saturated carbocycles. The van der Waals surface area contributed by atoms with Gasteiger partial charge in [-0.15, -0.1) is 0 Å². The van der Waals surface area contributed by atoms with E-state index in [1.807, 2.05) is 32.1 Å². The number of carbonyl (C=O) groups excluding carboxylic acids is 2. The minimum absolute atomic E-state index is 0.125. The predicted octanol–water partition coefficient (Wildman–Crippen LogP) is 3.19. The van der Waals surface area contributed by atoms with Crippen LogP contribution in [-0.4, -0.2) is 66.5 Å². The van der Waals surface area contributed by atoms with Crippen molar-refractivity contribution in [3.63, 3.8) is 0 Å². The molecule has 0 spiro atoms. The van der Waals surface area contributed by atoms with Gasteiger partial charge < -0.3 is 15.4 Å². The number of morpholine rings is 1. The lowest BCUT2D eigenvalue weighted by molar-refractivity contribution is -0.175. The van der Waals surface area contributed by atoms with E-state index in [0.29, 0.717) is 24.3 Å². The molecule has 1 aliphatic carbocycles. The highest BCUT2D eigenvalue weighted by Gasteiger charge is 2.48. The van der Waals surface area contributed by atoms with Gasteiger partial charge in [-0.1, -0.05) is 49.4 Å². The Balaban J connectivity index is 2.10. The lowest BCUT2D eigenvalue weighted by atomic mass is 9.89. The molecular formula is C25H34ClN3O5S. The normalized spacial score (nSPS) is 24.5. The van der Waals surface area contributed by atoms with Gasteiger partial charge in [0.2, 0.25) is 15.9 Å². The predicted molar refractivity (Wildman–Crippen MR) is 136 cm³/mol. The number of sulfonamides is 1. The van der Waals surface area contributed by atoms with Gasteiger partial charge in [0.25, 0.3) is 5.91 Å². The molecule has 1 aliphatic heterocycles. The van der Waals surface area contributed by atoms with Crippen molar-refractivity contribution < 1.29 is 22.7 Å². The van der Waals surface area contributed by atoms with Crippen molar-refractivity contribution in [2.75, 3.05) is 13.6 Å². The van der Waals surface area contributed by atoms with E-state index in [-0.39, 0.29) is 18.2 Å². The fourth-order valence-corrected chi connectivity index (χ4v) is 6.32. The van der Waals surface area contributed by atoms with Crippen LogP contribution >= 0.6 is 11.6 Å². The van der Waals surface area contributed by atoms with Crippen molar-refractivity contribution in [2.24, 2.45) is 5.73 Å². The molecule has 1 aromatic rings. The molecule has 2 aliphatic rings. The Morgan fingerprint density at radius 2 is 1.97 bits per heavy atom. The molecule has 192 valence electrons. The first kappa shape index (κ1) is 27.4. The Hall–Kier alpha value is -2.20. The molecule has 2 fully saturated rings. The number of nitrogens with zero attached hydrogens (tertiary/aromatic N) is 2. The molecule has 1 heterocycles. The van der Waals surface area contributed by atoms with Gasteiger partial charge in [-0.05, 0) is 49.5 Å². The number of nitrogens with two attached hydrogens (primary N) is 1.